The van der Waals surface area contributed by atoms with E-state index in [-0.39, 0.29) is 0 Å². The molecule has 0 atom stereocenters. The van der Waals surface area contributed by atoms with Crippen LogP contribution in [0.15, 0.2) is 16.0 Å². The standard InChI is InChI=1S/C10H11BrN4OS/c1-12-8-7(11)6(5-16-2)14-9(15-8)10-13-3-4-17-10/h3-4H,5H2,1-2H3,(H,12,14,15). The van der Waals surface area contributed by atoms with Gasteiger partial charge in [-0.3, -0.25) is 0 Å². The normalized spacial score (nSPS) is 10.5. The summed E-state index contributed by atoms with van der Waals surface area (Å²) in [5.74, 6) is 1.34. The van der Waals surface area contributed by atoms with Crippen LogP contribution in [-0.4, -0.2) is 29.1 Å². The van der Waals surface area contributed by atoms with E-state index in [9.17, 15) is 0 Å². The number of thiazole rings is 1. The molecule has 0 aliphatic rings. The molecule has 0 saturated carbocycles. The first kappa shape index (κ1) is 12.4. The lowest BCUT2D eigenvalue weighted by molar-refractivity contribution is 0.181. The van der Waals surface area contributed by atoms with Gasteiger partial charge in [0.1, 0.15) is 5.82 Å². The number of halogens is 1. The molecule has 17 heavy (non-hydrogen) atoms. The lowest BCUT2D eigenvalue weighted by atomic mass is 10.4. The van der Waals surface area contributed by atoms with Gasteiger partial charge >= 0.3 is 0 Å². The summed E-state index contributed by atoms with van der Waals surface area (Å²) in [5, 5.41) is 5.72. The van der Waals surface area contributed by atoms with Gasteiger partial charge in [-0.15, -0.1) is 11.3 Å². The molecule has 0 aliphatic heterocycles. The van der Waals surface area contributed by atoms with Crippen LogP contribution in [-0.2, 0) is 11.3 Å². The minimum absolute atomic E-state index is 0.427. The number of hydrogen-bond acceptors (Lipinski definition) is 6. The minimum atomic E-state index is 0.427. The molecule has 7 heteroatoms. The van der Waals surface area contributed by atoms with Crippen LogP contribution in [0.1, 0.15) is 5.69 Å². The van der Waals surface area contributed by atoms with Gasteiger partial charge in [0.25, 0.3) is 0 Å². The van der Waals surface area contributed by atoms with Gasteiger partial charge < -0.3 is 10.1 Å². The van der Waals surface area contributed by atoms with Crippen LogP contribution in [0, 0.1) is 0 Å². The summed E-state index contributed by atoms with van der Waals surface area (Å²) in [7, 11) is 3.45. The highest BCUT2D eigenvalue weighted by atomic mass is 79.9. The van der Waals surface area contributed by atoms with E-state index in [4.69, 9.17) is 4.74 Å². The number of nitrogens with zero attached hydrogens (tertiary/aromatic N) is 3. The van der Waals surface area contributed by atoms with Crippen LogP contribution in [0.3, 0.4) is 0 Å². The van der Waals surface area contributed by atoms with Crippen LogP contribution in [0.4, 0.5) is 5.82 Å². The summed E-state index contributed by atoms with van der Waals surface area (Å²) >= 11 is 4.96. The summed E-state index contributed by atoms with van der Waals surface area (Å²) in [5.41, 5.74) is 0.803. The van der Waals surface area contributed by atoms with E-state index < -0.39 is 0 Å². The first-order chi connectivity index (χ1) is 8.26. The monoisotopic (exact) mass is 314 g/mol. The van der Waals surface area contributed by atoms with Gasteiger partial charge in [-0.2, -0.15) is 0 Å². The highest BCUT2D eigenvalue weighted by Gasteiger charge is 2.13. The second kappa shape index (κ2) is 5.52. The zero-order valence-corrected chi connectivity index (χ0v) is 11.8. The molecule has 0 saturated heterocycles. The fourth-order valence-electron chi connectivity index (χ4n) is 1.32. The van der Waals surface area contributed by atoms with Crippen molar-refractivity contribution in [3.8, 4) is 10.8 Å². The third kappa shape index (κ3) is 2.62. The summed E-state index contributed by atoms with van der Waals surface area (Å²) in [6.45, 7) is 0.427. The number of nitrogens with one attached hydrogen (secondary N) is 1. The Bertz CT molecular complexity index is 503. The Morgan fingerprint density at radius 3 is 2.88 bits per heavy atom. The van der Waals surface area contributed by atoms with Gasteiger partial charge in [-0.05, 0) is 15.9 Å². The molecule has 5 nitrogen and oxygen atoms in total. The highest BCUT2D eigenvalue weighted by Crippen LogP contribution is 2.28. The van der Waals surface area contributed by atoms with E-state index in [0.29, 0.717) is 12.4 Å². The fourth-order valence-corrected chi connectivity index (χ4v) is 2.38. The van der Waals surface area contributed by atoms with Gasteiger partial charge in [0, 0.05) is 25.7 Å². The third-order valence-electron chi connectivity index (χ3n) is 2.06. The second-order valence-corrected chi connectivity index (χ2v) is 4.86. The van der Waals surface area contributed by atoms with Gasteiger partial charge in [0.05, 0.1) is 16.8 Å². The Labute approximate surface area is 111 Å². The van der Waals surface area contributed by atoms with Crippen molar-refractivity contribution in [3.63, 3.8) is 0 Å². The van der Waals surface area contributed by atoms with Gasteiger partial charge in [-0.25, -0.2) is 15.0 Å². The molecular weight excluding hydrogens is 304 g/mol. The van der Waals surface area contributed by atoms with E-state index in [1.807, 2.05) is 12.4 Å². The van der Waals surface area contributed by atoms with Crippen LogP contribution in [0.25, 0.3) is 10.8 Å². The predicted molar refractivity (Wildman–Crippen MR) is 71.1 cm³/mol. The van der Waals surface area contributed by atoms with Crippen LogP contribution >= 0.6 is 27.3 Å². The van der Waals surface area contributed by atoms with Gasteiger partial charge in [0.2, 0.25) is 0 Å². The maximum Gasteiger partial charge on any atom is 0.191 e. The molecular formula is C10H11BrN4OS. The number of anilines is 1. The highest BCUT2D eigenvalue weighted by molar-refractivity contribution is 9.10. The van der Waals surface area contributed by atoms with E-state index in [1.54, 1.807) is 13.3 Å². The quantitative estimate of drug-likeness (QED) is 0.939. The molecule has 0 radical (unpaired) electrons. The first-order valence-corrected chi connectivity index (χ1v) is 6.56. The Morgan fingerprint density at radius 1 is 1.47 bits per heavy atom. The number of hydrogen-bond donors (Lipinski definition) is 1. The lowest BCUT2D eigenvalue weighted by Crippen LogP contribution is -2.04. The average molecular weight is 315 g/mol. The third-order valence-corrected chi connectivity index (χ3v) is 3.66. The van der Waals surface area contributed by atoms with E-state index in [0.717, 1.165) is 21.0 Å². The van der Waals surface area contributed by atoms with Crippen molar-refractivity contribution >= 4 is 33.1 Å². The second-order valence-electron chi connectivity index (χ2n) is 3.18. The van der Waals surface area contributed by atoms with Gasteiger partial charge in [-0.1, -0.05) is 0 Å². The van der Waals surface area contributed by atoms with E-state index in [2.05, 4.69) is 36.2 Å². The molecule has 0 amide bonds. The molecule has 2 aromatic heterocycles. The summed E-state index contributed by atoms with van der Waals surface area (Å²) in [6.07, 6.45) is 1.74. The van der Waals surface area contributed by atoms with Gasteiger partial charge in [0.15, 0.2) is 10.8 Å². The van der Waals surface area contributed by atoms with Crippen molar-refractivity contribution in [2.75, 3.05) is 19.5 Å². The zero-order valence-electron chi connectivity index (χ0n) is 9.40. The molecule has 0 aliphatic carbocycles. The maximum atomic E-state index is 5.12. The predicted octanol–water partition coefficient (Wildman–Crippen LogP) is 2.55. The summed E-state index contributed by atoms with van der Waals surface area (Å²) < 4.78 is 5.94. The van der Waals surface area contributed by atoms with E-state index >= 15 is 0 Å². The Morgan fingerprint density at radius 2 is 2.29 bits per heavy atom. The number of ether oxygens (including phenoxy) is 1. The number of aromatic nitrogens is 3. The minimum Gasteiger partial charge on any atom is -0.378 e. The van der Waals surface area contributed by atoms with Crippen molar-refractivity contribution in [2.24, 2.45) is 0 Å². The molecule has 90 valence electrons. The smallest absolute Gasteiger partial charge is 0.191 e. The topological polar surface area (TPSA) is 59.9 Å². The zero-order chi connectivity index (χ0) is 12.3. The van der Waals surface area contributed by atoms with Crippen molar-refractivity contribution in [3.05, 3.63) is 21.7 Å². The lowest BCUT2D eigenvalue weighted by Gasteiger charge is -2.09. The van der Waals surface area contributed by atoms with Crippen LogP contribution in [0.5, 0.6) is 0 Å². The Balaban J connectivity index is 2.50. The molecule has 2 heterocycles. The fraction of sp³-hybridized carbons (Fsp3) is 0.300. The molecule has 0 fully saturated rings. The summed E-state index contributed by atoms with van der Waals surface area (Å²) in [4.78, 5) is 13.0. The SMILES string of the molecule is CNc1nc(-c2nccs2)nc(COC)c1Br. The van der Waals surface area contributed by atoms with E-state index in [1.165, 1.54) is 11.3 Å². The largest absolute Gasteiger partial charge is 0.378 e. The Kier molecular flexibility index (Phi) is 4.03. The molecule has 2 rings (SSSR count). The Hall–Kier alpha value is -1.05. The molecule has 0 bridgehead atoms. The van der Waals surface area contributed by atoms with Crippen molar-refractivity contribution in [1.82, 2.24) is 15.0 Å². The molecule has 2 aromatic rings. The first-order valence-electron chi connectivity index (χ1n) is 4.89. The molecule has 0 aromatic carbocycles. The van der Waals surface area contributed by atoms with Crippen molar-refractivity contribution < 1.29 is 4.74 Å². The number of rotatable bonds is 4. The molecule has 0 unspecified atom stereocenters. The van der Waals surface area contributed by atoms with Crippen molar-refractivity contribution in [1.29, 1.82) is 0 Å². The van der Waals surface area contributed by atoms with Crippen LogP contribution < -0.4 is 5.32 Å². The maximum absolute atomic E-state index is 5.12. The van der Waals surface area contributed by atoms with Crippen molar-refractivity contribution in [2.45, 2.75) is 6.61 Å². The number of methoxy groups -OCH3 is 1. The van der Waals surface area contributed by atoms with Crippen LogP contribution in [0.2, 0.25) is 0 Å². The summed E-state index contributed by atoms with van der Waals surface area (Å²) in [6, 6.07) is 0. The average Bonchev–Trinajstić information content (AvgIpc) is 2.85. The molecule has 1 N–H and O–H groups in total. The molecule has 0 spiro atoms.